The lowest BCUT2D eigenvalue weighted by Gasteiger charge is -2.18. The van der Waals surface area contributed by atoms with Gasteiger partial charge >= 0.3 is 5.97 Å². The van der Waals surface area contributed by atoms with Gasteiger partial charge < -0.3 is 24.3 Å². The Balaban J connectivity index is 1.91. The van der Waals surface area contributed by atoms with Crippen LogP contribution >= 0.6 is 0 Å². The minimum atomic E-state index is -0.724. The Hall–Kier alpha value is -3.30. The van der Waals surface area contributed by atoms with Gasteiger partial charge in [0.15, 0.2) is 18.1 Å². The average molecular weight is 393 g/mol. The van der Waals surface area contributed by atoms with E-state index >= 15 is 0 Å². The molecule has 0 atom stereocenters. The van der Waals surface area contributed by atoms with E-state index in [1.54, 1.807) is 12.1 Å². The van der Waals surface area contributed by atoms with E-state index in [1.807, 2.05) is 0 Å². The van der Waals surface area contributed by atoms with E-state index in [0.717, 1.165) is 5.01 Å². The van der Waals surface area contributed by atoms with Crippen molar-refractivity contribution in [1.82, 2.24) is 10.3 Å². The first-order valence-electron chi connectivity index (χ1n) is 8.46. The third-order valence-corrected chi connectivity index (χ3v) is 4.04. The number of esters is 1. The van der Waals surface area contributed by atoms with Gasteiger partial charge in [0.25, 0.3) is 5.91 Å². The quantitative estimate of drug-likeness (QED) is 0.639. The Morgan fingerprint density at radius 3 is 2.32 bits per heavy atom. The van der Waals surface area contributed by atoms with Gasteiger partial charge in [0.05, 0.1) is 21.3 Å². The van der Waals surface area contributed by atoms with E-state index < -0.39 is 18.5 Å². The summed E-state index contributed by atoms with van der Waals surface area (Å²) in [4.78, 5) is 35.3. The molecule has 2 amide bonds. The van der Waals surface area contributed by atoms with Crippen molar-refractivity contribution in [3.8, 4) is 17.2 Å². The maximum Gasteiger partial charge on any atom is 0.355 e. The smallest absolute Gasteiger partial charge is 0.355 e. The standard InChI is InChI=1S/C18H23N3O7/c1-21-17(23)6-5-12(20-21)18(24)28-10-16(22)19-9-11-7-14(26-3)15(27-4)8-13(11)25-2/h7-8H,5-6,9-10H2,1-4H3,(H,19,22). The summed E-state index contributed by atoms with van der Waals surface area (Å²) in [5.74, 6) is 0.106. The molecule has 0 aromatic heterocycles. The molecule has 152 valence electrons. The van der Waals surface area contributed by atoms with Gasteiger partial charge in [-0.25, -0.2) is 9.80 Å². The average Bonchev–Trinajstić information content (AvgIpc) is 2.71. The molecule has 1 aromatic carbocycles. The molecule has 1 aliphatic rings. The third kappa shape index (κ3) is 5.12. The number of nitrogens with zero attached hydrogens (tertiary/aromatic N) is 2. The molecular formula is C18H23N3O7. The van der Waals surface area contributed by atoms with Crippen molar-refractivity contribution in [2.24, 2.45) is 5.10 Å². The van der Waals surface area contributed by atoms with E-state index in [0.29, 0.717) is 22.8 Å². The van der Waals surface area contributed by atoms with Gasteiger partial charge in [0.2, 0.25) is 5.91 Å². The summed E-state index contributed by atoms with van der Waals surface area (Å²) in [6, 6.07) is 3.34. The predicted octanol–water partition coefficient (Wildman–Crippen LogP) is 0.480. The second kappa shape index (κ2) is 9.58. The van der Waals surface area contributed by atoms with E-state index in [-0.39, 0.29) is 31.0 Å². The molecule has 10 heteroatoms. The zero-order valence-corrected chi connectivity index (χ0v) is 16.2. The number of methoxy groups -OCH3 is 3. The summed E-state index contributed by atoms with van der Waals surface area (Å²) in [7, 11) is 5.97. The molecule has 0 aliphatic carbocycles. The number of carbonyl (C=O) groups excluding carboxylic acids is 3. The van der Waals surface area contributed by atoms with Gasteiger partial charge in [-0.1, -0.05) is 0 Å². The molecule has 0 bridgehead atoms. The molecule has 0 radical (unpaired) electrons. The van der Waals surface area contributed by atoms with Crippen molar-refractivity contribution in [1.29, 1.82) is 0 Å². The van der Waals surface area contributed by atoms with Crippen molar-refractivity contribution < 1.29 is 33.3 Å². The monoisotopic (exact) mass is 393 g/mol. The van der Waals surface area contributed by atoms with Gasteiger partial charge in [0.1, 0.15) is 11.5 Å². The van der Waals surface area contributed by atoms with Crippen molar-refractivity contribution in [3.05, 3.63) is 17.7 Å². The highest BCUT2D eigenvalue weighted by molar-refractivity contribution is 6.37. The third-order valence-electron chi connectivity index (χ3n) is 4.04. The van der Waals surface area contributed by atoms with Crippen molar-refractivity contribution in [2.45, 2.75) is 19.4 Å². The van der Waals surface area contributed by atoms with Gasteiger partial charge in [-0.15, -0.1) is 0 Å². The lowest BCUT2D eigenvalue weighted by atomic mass is 10.1. The summed E-state index contributed by atoms with van der Waals surface area (Å²) < 4.78 is 20.7. The van der Waals surface area contributed by atoms with Crippen molar-refractivity contribution >= 4 is 23.5 Å². The molecule has 28 heavy (non-hydrogen) atoms. The number of hydrogen-bond donors (Lipinski definition) is 1. The number of ether oxygens (including phenoxy) is 4. The Labute approximate surface area is 162 Å². The molecule has 0 unspecified atom stereocenters. The van der Waals surface area contributed by atoms with Crippen LogP contribution in [0.2, 0.25) is 0 Å². The lowest BCUT2D eigenvalue weighted by Crippen LogP contribution is -2.34. The summed E-state index contributed by atoms with van der Waals surface area (Å²) in [6.07, 6.45) is 0.363. The molecule has 1 aromatic rings. The molecule has 10 nitrogen and oxygen atoms in total. The molecule has 1 aliphatic heterocycles. The highest BCUT2D eigenvalue weighted by atomic mass is 16.5. The van der Waals surface area contributed by atoms with Crippen LogP contribution in [0.5, 0.6) is 17.2 Å². The molecule has 0 fully saturated rings. The normalized spacial score (nSPS) is 13.5. The fourth-order valence-corrected chi connectivity index (χ4v) is 2.51. The first kappa shape index (κ1) is 21.0. The second-order valence-corrected chi connectivity index (χ2v) is 5.84. The predicted molar refractivity (Wildman–Crippen MR) is 98.3 cm³/mol. The van der Waals surface area contributed by atoms with Gasteiger partial charge in [-0.2, -0.15) is 5.10 Å². The minimum absolute atomic E-state index is 0.108. The summed E-state index contributed by atoms with van der Waals surface area (Å²) in [5.41, 5.74) is 0.771. The van der Waals surface area contributed by atoms with E-state index in [4.69, 9.17) is 18.9 Å². The summed E-state index contributed by atoms with van der Waals surface area (Å²) in [5, 5.41) is 7.57. The Morgan fingerprint density at radius 2 is 1.71 bits per heavy atom. The number of nitrogens with one attached hydrogen (secondary N) is 1. The van der Waals surface area contributed by atoms with Crippen LogP contribution in [0.15, 0.2) is 17.2 Å². The van der Waals surface area contributed by atoms with Crippen LogP contribution < -0.4 is 19.5 Å². The fourth-order valence-electron chi connectivity index (χ4n) is 2.51. The van der Waals surface area contributed by atoms with Crippen LogP contribution in [0.1, 0.15) is 18.4 Å². The van der Waals surface area contributed by atoms with Gasteiger partial charge in [0, 0.05) is 38.1 Å². The number of rotatable bonds is 8. The summed E-state index contributed by atoms with van der Waals surface area (Å²) >= 11 is 0. The van der Waals surface area contributed by atoms with Crippen LogP contribution in [0.3, 0.4) is 0 Å². The van der Waals surface area contributed by atoms with E-state index in [2.05, 4.69) is 10.4 Å². The lowest BCUT2D eigenvalue weighted by molar-refractivity contribution is -0.142. The van der Waals surface area contributed by atoms with Crippen molar-refractivity contribution in [3.63, 3.8) is 0 Å². The van der Waals surface area contributed by atoms with Crippen LogP contribution in [-0.2, 0) is 25.7 Å². The largest absolute Gasteiger partial charge is 0.496 e. The molecule has 0 saturated heterocycles. The molecule has 1 N–H and O–H groups in total. The maximum atomic E-state index is 12.0. The van der Waals surface area contributed by atoms with E-state index in [1.165, 1.54) is 28.4 Å². The SMILES string of the molecule is COc1cc(OC)c(OC)cc1CNC(=O)COC(=O)C1=NN(C)C(=O)CC1. The number of benzene rings is 1. The van der Waals surface area contributed by atoms with Crippen molar-refractivity contribution in [2.75, 3.05) is 35.0 Å². The minimum Gasteiger partial charge on any atom is -0.496 e. The maximum absolute atomic E-state index is 12.0. The highest BCUT2D eigenvalue weighted by Gasteiger charge is 2.23. The number of hydrogen-bond acceptors (Lipinski definition) is 8. The number of amides is 2. The Kier molecular flexibility index (Phi) is 7.19. The first-order chi connectivity index (χ1) is 13.4. The first-order valence-corrected chi connectivity index (χ1v) is 8.46. The molecule has 1 heterocycles. The second-order valence-electron chi connectivity index (χ2n) is 5.84. The fraction of sp³-hybridized carbons (Fsp3) is 0.444. The summed E-state index contributed by atoms with van der Waals surface area (Å²) in [6.45, 7) is -0.330. The topological polar surface area (TPSA) is 116 Å². The van der Waals surface area contributed by atoms with Crippen LogP contribution in [0.25, 0.3) is 0 Å². The molecule has 2 rings (SSSR count). The van der Waals surface area contributed by atoms with Gasteiger partial charge in [-0.05, 0) is 6.07 Å². The number of carbonyl (C=O) groups is 3. The van der Waals surface area contributed by atoms with Crippen LogP contribution in [0, 0.1) is 0 Å². The molecule has 0 spiro atoms. The van der Waals surface area contributed by atoms with E-state index in [9.17, 15) is 14.4 Å². The van der Waals surface area contributed by atoms with Crippen LogP contribution in [0.4, 0.5) is 0 Å². The molecular weight excluding hydrogens is 370 g/mol. The Bertz CT molecular complexity index is 792. The highest BCUT2D eigenvalue weighted by Crippen LogP contribution is 2.34. The zero-order chi connectivity index (χ0) is 20.7. The molecule has 0 saturated carbocycles. The Morgan fingerprint density at radius 1 is 1.07 bits per heavy atom. The zero-order valence-electron chi connectivity index (χ0n) is 16.2. The van der Waals surface area contributed by atoms with Gasteiger partial charge in [-0.3, -0.25) is 9.59 Å². The number of hydrazone groups is 1. The van der Waals surface area contributed by atoms with Crippen LogP contribution in [-0.4, -0.2) is 63.5 Å².